The van der Waals surface area contributed by atoms with Crippen molar-refractivity contribution in [3.05, 3.63) is 54.2 Å². The number of hydrogen-bond donors (Lipinski definition) is 2. The highest BCUT2D eigenvalue weighted by atomic mass is 16.6. The van der Waals surface area contributed by atoms with E-state index in [1.165, 1.54) is 5.39 Å². The molecule has 4 aliphatic rings. The Hall–Kier alpha value is -2.99. The fourth-order valence-electron chi connectivity index (χ4n) is 5.68. The topological polar surface area (TPSA) is 66.6 Å². The van der Waals surface area contributed by atoms with Crippen LogP contribution >= 0.6 is 0 Å². The molecule has 0 saturated carbocycles. The molecule has 172 valence electrons. The lowest BCUT2D eigenvalue weighted by atomic mass is 9.78. The predicted molar refractivity (Wildman–Crippen MR) is 128 cm³/mol. The summed E-state index contributed by atoms with van der Waals surface area (Å²) in [7, 11) is 0. The Labute approximate surface area is 194 Å². The number of hydrogen-bond acceptors (Lipinski definition) is 4. The number of fused-ring (bicyclic) bond motifs is 5. The molecule has 4 aliphatic heterocycles. The van der Waals surface area contributed by atoms with E-state index in [0.717, 1.165) is 60.4 Å². The third-order valence-corrected chi connectivity index (χ3v) is 7.71. The zero-order valence-electron chi connectivity index (χ0n) is 19.3. The number of nitrogens with one attached hydrogen (secondary N) is 2. The van der Waals surface area contributed by atoms with Crippen LogP contribution < -0.4 is 10.1 Å². The van der Waals surface area contributed by atoms with Crippen molar-refractivity contribution < 1.29 is 14.3 Å². The third kappa shape index (κ3) is 3.76. The number of piperidine rings is 3. The van der Waals surface area contributed by atoms with E-state index in [9.17, 15) is 4.79 Å². The molecule has 6 nitrogen and oxygen atoms in total. The molecule has 3 saturated heterocycles. The van der Waals surface area contributed by atoms with Gasteiger partial charge < -0.3 is 19.8 Å². The minimum absolute atomic E-state index is 0.000192. The van der Waals surface area contributed by atoms with Gasteiger partial charge in [0.15, 0.2) is 0 Å². The molecule has 2 bridgehead atoms. The number of rotatable bonds is 3. The number of nitrogens with zero attached hydrogens (tertiary/aromatic N) is 1. The van der Waals surface area contributed by atoms with Crippen LogP contribution in [0.15, 0.2) is 48.7 Å². The number of aromatic amines is 1. The van der Waals surface area contributed by atoms with E-state index < -0.39 is 0 Å². The molecule has 1 amide bonds. The van der Waals surface area contributed by atoms with Gasteiger partial charge in [-0.15, -0.1) is 0 Å². The molecule has 3 aromatic rings. The lowest BCUT2D eigenvalue weighted by molar-refractivity contribution is -0.0361. The summed E-state index contributed by atoms with van der Waals surface area (Å²) in [5.74, 6) is 1.32. The van der Waals surface area contributed by atoms with Crippen LogP contribution in [0.5, 0.6) is 5.75 Å². The van der Waals surface area contributed by atoms with Crippen LogP contribution in [-0.4, -0.2) is 48.3 Å². The number of H-pyrrole nitrogens is 1. The molecule has 2 N–H and O–H groups in total. The minimum Gasteiger partial charge on any atom is -0.493 e. The summed E-state index contributed by atoms with van der Waals surface area (Å²) in [6.45, 7) is 7.91. The van der Waals surface area contributed by atoms with Gasteiger partial charge in [-0.1, -0.05) is 38.1 Å². The normalized spacial score (nSPS) is 27.6. The number of aromatic nitrogens is 1. The first-order valence-electron chi connectivity index (χ1n) is 12.0. The molecule has 2 aromatic carbocycles. The number of alkyl carbamates (subject to hydrolysis) is 1. The SMILES string of the molecule is CC1(C)COc2cc(-c3ccc4cc[nH]c4c3)ccc2C1NC(=O)O[C@H]1CN2CCC1CC2. The summed E-state index contributed by atoms with van der Waals surface area (Å²) < 4.78 is 12.1. The Bertz CT molecular complexity index is 1190. The van der Waals surface area contributed by atoms with Crippen LogP contribution in [0.1, 0.15) is 38.3 Å². The standard InChI is InChI=1S/C27H31N3O3/c1-27(2)16-32-23-14-20(19-4-3-17-7-10-28-22(17)13-19)5-6-21(23)25(27)29-26(31)33-24-15-30-11-8-18(24)9-12-30/h3-7,10,13-14,18,24-25,28H,8-9,11-12,15-16H2,1-2H3,(H,29,31)/t24-,25?/m0/s1. The fraction of sp³-hybridized carbons (Fsp3) is 0.444. The summed E-state index contributed by atoms with van der Waals surface area (Å²) in [5, 5.41) is 4.38. The van der Waals surface area contributed by atoms with E-state index in [4.69, 9.17) is 9.47 Å². The maximum Gasteiger partial charge on any atom is 0.407 e. The lowest BCUT2D eigenvalue weighted by Crippen LogP contribution is -2.53. The fourth-order valence-corrected chi connectivity index (χ4v) is 5.68. The molecular weight excluding hydrogens is 414 g/mol. The highest BCUT2D eigenvalue weighted by Gasteiger charge is 2.41. The van der Waals surface area contributed by atoms with Crippen LogP contribution in [-0.2, 0) is 4.74 Å². The van der Waals surface area contributed by atoms with Crippen molar-refractivity contribution >= 4 is 17.0 Å². The third-order valence-electron chi connectivity index (χ3n) is 7.71. The van der Waals surface area contributed by atoms with Crippen molar-refractivity contribution in [3.63, 3.8) is 0 Å². The van der Waals surface area contributed by atoms with Gasteiger partial charge in [0.05, 0.1) is 12.6 Å². The van der Waals surface area contributed by atoms with Gasteiger partial charge in [0, 0.05) is 29.2 Å². The molecule has 6 heteroatoms. The molecule has 1 unspecified atom stereocenters. The molecular formula is C27H31N3O3. The van der Waals surface area contributed by atoms with E-state index in [-0.39, 0.29) is 23.7 Å². The van der Waals surface area contributed by atoms with Gasteiger partial charge in [-0.2, -0.15) is 0 Å². The summed E-state index contributed by atoms with van der Waals surface area (Å²) in [6.07, 6.45) is 3.89. The Kier molecular flexibility index (Phi) is 4.87. The van der Waals surface area contributed by atoms with E-state index in [2.05, 4.69) is 71.5 Å². The average molecular weight is 446 g/mol. The van der Waals surface area contributed by atoms with E-state index in [1.54, 1.807) is 0 Å². The lowest BCUT2D eigenvalue weighted by Gasteiger charge is -2.44. The molecule has 0 spiro atoms. The molecule has 1 aromatic heterocycles. The summed E-state index contributed by atoms with van der Waals surface area (Å²) in [6, 6.07) is 14.6. The first-order chi connectivity index (χ1) is 16.0. The van der Waals surface area contributed by atoms with Crippen LogP contribution in [0.2, 0.25) is 0 Å². The zero-order chi connectivity index (χ0) is 22.6. The number of ether oxygens (including phenoxy) is 2. The molecule has 0 radical (unpaired) electrons. The smallest absolute Gasteiger partial charge is 0.407 e. The van der Waals surface area contributed by atoms with Crippen molar-refractivity contribution in [1.29, 1.82) is 0 Å². The number of carbonyl (C=O) groups is 1. The van der Waals surface area contributed by atoms with Crippen molar-refractivity contribution in [1.82, 2.24) is 15.2 Å². The predicted octanol–water partition coefficient (Wildman–Crippen LogP) is 5.12. The van der Waals surface area contributed by atoms with E-state index >= 15 is 0 Å². The zero-order valence-corrected chi connectivity index (χ0v) is 19.3. The maximum atomic E-state index is 12.9. The highest BCUT2D eigenvalue weighted by Crippen LogP contribution is 2.44. The van der Waals surface area contributed by atoms with Gasteiger partial charge in [0.25, 0.3) is 0 Å². The van der Waals surface area contributed by atoms with Crippen LogP contribution in [0.4, 0.5) is 4.79 Å². The largest absolute Gasteiger partial charge is 0.493 e. The van der Waals surface area contributed by atoms with Gasteiger partial charge in [0.2, 0.25) is 0 Å². The average Bonchev–Trinajstić information content (AvgIpc) is 3.29. The van der Waals surface area contributed by atoms with Gasteiger partial charge in [-0.3, -0.25) is 4.90 Å². The van der Waals surface area contributed by atoms with Gasteiger partial charge in [-0.25, -0.2) is 4.79 Å². The second kappa shape index (κ2) is 7.80. The van der Waals surface area contributed by atoms with Gasteiger partial charge >= 0.3 is 6.09 Å². The Morgan fingerprint density at radius 3 is 2.70 bits per heavy atom. The van der Waals surface area contributed by atoms with Crippen LogP contribution in [0.25, 0.3) is 22.0 Å². The van der Waals surface area contributed by atoms with Crippen molar-refractivity contribution in [2.24, 2.45) is 11.3 Å². The first kappa shape index (κ1) is 20.6. The molecule has 33 heavy (non-hydrogen) atoms. The van der Waals surface area contributed by atoms with Crippen molar-refractivity contribution in [2.75, 3.05) is 26.2 Å². The van der Waals surface area contributed by atoms with Gasteiger partial charge in [-0.05, 0) is 66.6 Å². The van der Waals surface area contributed by atoms with Crippen LogP contribution in [0, 0.1) is 11.3 Å². The molecule has 5 heterocycles. The van der Waals surface area contributed by atoms with Crippen molar-refractivity contribution in [2.45, 2.75) is 38.8 Å². The number of benzene rings is 2. The molecule has 3 fully saturated rings. The summed E-state index contributed by atoms with van der Waals surface area (Å²) >= 11 is 0. The maximum absolute atomic E-state index is 12.9. The highest BCUT2D eigenvalue weighted by molar-refractivity contribution is 5.85. The summed E-state index contributed by atoms with van der Waals surface area (Å²) in [5.41, 5.74) is 4.10. The molecule has 2 atom stereocenters. The van der Waals surface area contributed by atoms with E-state index in [1.807, 2.05) is 6.20 Å². The quantitative estimate of drug-likeness (QED) is 0.588. The number of amides is 1. The number of carbonyl (C=O) groups excluding carboxylic acids is 1. The molecule has 0 aliphatic carbocycles. The second-order valence-electron chi connectivity index (χ2n) is 10.5. The monoisotopic (exact) mass is 445 g/mol. The minimum atomic E-state index is -0.319. The van der Waals surface area contributed by atoms with Crippen LogP contribution in [0.3, 0.4) is 0 Å². The Morgan fingerprint density at radius 2 is 1.91 bits per heavy atom. The Morgan fingerprint density at radius 1 is 1.12 bits per heavy atom. The van der Waals surface area contributed by atoms with Gasteiger partial charge in [0.1, 0.15) is 11.9 Å². The Balaban J connectivity index is 1.23. The first-order valence-corrected chi connectivity index (χ1v) is 12.0. The molecule has 7 rings (SSSR count). The van der Waals surface area contributed by atoms with E-state index in [0.29, 0.717) is 12.5 Å². The summed E-state index contributed by atoms with van der Waals surface area (Å²) in [4.78, 5) is 18.6. The van der Waals surface area contributed by atoms with Crippen molar-refractivity contribution in [3.8, 4) is 16.9 Å². The second-order valence-corrected chi connectivity index (χ2v) is 10.5.